The zero-order valence-electron chi connectivity index (χ0n) is 14.8. The third-order valence-corrected chi connectivity index (χ3v) is 6.24. The predicted octanol–water partition coefficient (Wildman–Crippen LogP) is 1.83. The second-order valence-corrected chi connectivity index (χ2v) is 8.44. The average Bonchev–Trinajstić information content (AvgIpc) is 2.67. The molecule has 1 fully saturated rings. The lowest BCUT2D eigenvalue weighted by Crippen LogP contribution is -2.43. The number of benzene rings is 2. The number of sulfonamides is 1. The molecule has 1 atom stereocenters. The molecule has 144 valence electrons. The summed E-state index contributed by atoms with van der Waals surface area (Å²) in [5.74, 6) is -1.68. The summed E-state index contributed by atoms with van der Waals surface area (Å²) >= 11 is 0. The van der Waals surface area contributed by atoms with E-state index in [1.165, 1.54) is 11.0 Å². The van der Waals surface area contributed by atoms with Crippen LogP contribution in [-0.2, 0) is 19.6 Å². The third kappa shape index (κ3) is 4.64. The van der Waals surface area contributed by atoms with Crippen molar-refractivity contribution in [1.82, 2.24) is 9.62 Å². The molecule has 0 bridgehead atoms. The summed E-state index contributed by atoms with van der Waals surface area (Å²) in [7, 11) is -3.72. The van der Waals surface area contributed by atoms with Gasteiger partial charge < -0.3 is 10.0 Å². The summed E-state index contributed by atoms with van der Waals surface area (Å²) in [5, 5.41) is 10.9. The Morgan fingerprint density at radius 2 is 1.89 bits per heavy atom. The minimum absolute atomic E-state index is 0.000843. The molecule has 1 heterocycles. The molecule has 2 N–H and O–H groups in total. The second-order valence-electron chi connectivity index (χ2n) is 6.67. The number of nitrogens with one attached hydrogen (secondary N) is 1. The van der Waals surface area contributed by atoms with Crippen LogP contribution in [0.1, 0.15) is 19.3 Å². The Morgan fingerprint density at radius 1 is 1.15 bits per heavy atom. The van der Waals surface area contributed by atoms with Crippen LogP contribution in [0, 0.1) is 5.92 Å². The normalized spacial score (nSPS) is 17.8. The SMILES string of the molecule is O=C(O)C1CCCN(C(=O)CCNS(=O)(=O)c2ccc3ccccc3c2)C1. The number of likely N-dealkylation sites (tertiary alicyclic amines) is 1. The van der Waals surface area contributed by atoms with E-state index in [0.717, 1.165) is 10.8 Å². The van der Waals surface area contributed by atoms with Crippen LogP contribution >= 0.6 is 0 Å². The van der Waals surface area contributed by atoms with Crippen LogP contribution < -0.4 is 4.72 Å². The van der Waals surface area contributed by atoms with Gasteiger partial charge in [-0.05, 0) is 35.7 Å². The number of amides is 1. The summed E-state index contributed by atoms with van der Waals surface area (Å²) in [6.07, 6.45) is 1.21. The van der Waals surface area contributed by atoms with Gasteiger partial charge in [-0.3, -0.25) is 9.59 Å². The second kappa shape index (κ2) is 8.06. The molecule has 1 aliphatic heterocycles. The molecule has 2 aromatic rings. The van der Waals surface area contributed by atoms with Gasteiger partial charge in [0.25, 0.3) is 0 Å². The molecule has 3 rings (SSSR count). The zero-order chi connectivity index (χ0) is 19.4. The van der Waals surface area contributed by atoms with Crippen molar-refractivity contribution in [3.8, 4) is 0 Å². The van der Waals surface area contributed by atoms with E-state index in [4.69, 9.17) is 5.11 Å². The number of carbonyl (C=O) groups is 2. The molecule has 2 aromatic carbocycles. The number of carboxylic acid groups (broad SMARTS) is 1. The van der Waals surface area contributed by atoms with Crippen LogP contribution in [0.2, 0.25) is 0 Å². The van der Waals surface area contributed by atoms with Crippen molar-refractivity contribution in [3.63, 3.8) is 0 Å². The van der Waals surface area contributed by atoms with Gasteiger partial charge in [0, 0.05) is 26.1 Å². The number of carbonyl (C=O) groups excluding carboxylic acids is 1. The Bertz CT molecular complexity index is 957. The van der Waals surface area contributed by atoms with Gasteiger partial charge in [0.15, 0.2) is 0 Å². The van der Waals surface area contributed by atoms with Crippen molar-refractivity contribution < 1.29 is 23.1 Å². The molecule has 0 aliphatic carbocycles. The van der Waals surface area contributed by atoms with E-state index in [2.05, 4.69) is 4.72 Å². The number of nitrogens with zero attached hydrogens (tertiary/aromatic N) is 1. The van der Waals surface area contributed by atoms with Gasteiger partial charge in [0.1, 0.15) is 0 Å². The molecule has 7 nitrogen and oxygen atoms in total. The Morgan fingerprint density at radius 3 is 2.63 bits per heavy atom. The topological polar surface area (TPSA) is 104 Å². The molecule has 8 heteroatoms. The van der Waals surface area contributed by atoms with E-state index in [1.807, 2.05) is 24.3 Å². The molecule has 0 saturated carbocycles. The summed E-state index contributed by atoms with van der Waals surface area (Å²) < 4.78 is 27.4. The van der Waals surface area contributed by atoms with Gasteiger partial charge in [-0.1, -0.05) is 30.3 Å². The van der Waals surface area contributed by atoms with Crippen LogP contribution in [0.4, 0.5) is 0 Å². The average molecular weight is 390 g/mol. The molecular weight excluding hydrogens is 368 g/mol. The van der Waals surface area contributed by atoms with E-state index in [1.54, 1.807) is 12.1 Å². The lowest BCUT2D eigenvalue weighted by molar-refractivity contribution is -0.145. The molecule has 0 spiro atoms. The summed E-state index contributed by atoms with van der Waals surface area (Å²) in [5.41, 5.74) is 0. The Balaban J connectivity index is 1.58. The van der Waals surface area contributed by atoms with Gasteiger partial charge >= 0.3 is 5.97 Å². The molecule has 1 amide bonds. The molecule has 1 aliphatic rings. The van der Waals surface area contributed by atoms with E-state index >= 15 is 0 Å². The van der Waals surface area contributed by atoms with Gasteiger partial charge in [0.05, 0.1) is 10.8 Å². The maximum atomic E-state index is 12.5. The minimum atomic E-state index is -3.72. The monoisotopic (exact) mass is 390 g/mol. The van der Waals surface area contributed by atoms with E-state index in [9.17, 15) is 18.0 Å². The van der Waals surface area contributed by atoms with E-state index < -0.39 is 21.9 Å². The largest absolute Gasteiger partial charge is 0.481 e. The first-order valence-corrected chi connectivity index (χ1v) is 10.3. The molecule has 1 saturated heterocycles. The number of fused-ring (bicyclic) bond motifs is 1. The Labute approximate surface area is 158 Å². The molecule has 1 unspecified atom stereocenters. The first-order valence-electron chi connectivity index (χ1n) is 8.86. The van der Waals surface area contributed by atoms with Crippen LogP contribution in [0.15, 0.2) is 47.4 Å². The van der Waals surface area contributed by atoms with E-state index in [-0.39, 0.29) is 30.3 Å². The number of piperidine rings is 1. The van der Waals surface area contributed by atoms with Gasteiger partial charge in [0.2, 0.25) is 15.9 Å². The molecule has 0 radical (unpaired) electrons. The van der Waals surface area contributed by atoms with E-state index in [0.29, 0.717) is 19.4 Å². The molecule has 27 heavy (non-hydrogen) atoms. The quantitative estimate of drug-likeness (QED) is 0.783. The fourth-order valence-corrected chi connectivity index (χ4v) is 4.34. The molecular formula is C19H22N2O5S. The highest BCUT2D eigenvalue weighted by molar-refractivity contribution is 7.89. The van der Waals surface area contributed by atoms with Crippen LogP contribution in [-0.4, -0.2) is 49.9 Å². The van der Waals surface area contributed by atoms with Crippen molar-refractivity contribution in [1.29, 1.82) is 0 Å². The van der Waals surface area contributed by atoms with Crippen molar-refractivity contribution in [2.75, 3.05) is 19.6 Å². The number of carboxylic acids is 1. The number of rotatable bonds is 6. The van der Waals surface area contributed by atoms with Crippen LogP contribution in [0.3, 0.4) is 0 Å². The summed E-state index contributed by atoms with van der Waals surface area (Å²) in [4.78, 5) is 25.0. The highest BCUT2D eigenvalue weighted by Gasteiger charge is 2.28. The third-order valence-electron chi connectivity index (χ3n) is 4.79. The maximum absolute atomic E-state index is 12.5. The summed E-state index contributed by atoms with van der Waals surface area (Å²) in [6, 6.07) is 12.3. The van der Waals surface area contributed by atoms with Gasteiger partial charge in [-0.2, -0.15) is 0 Å². The van der Waals surface area contributed by atoms with Gasteiger partial charge in [-0.15, -0.1) is 0 Å². The smallest absolute Gasteiger partial charge is 0.308 e. The number of aliphatic carboxylic acids is 1. The number of hydrogen-bond acceptors (Lipinski definition) is 4. The standard InChI is InChI=1S/C19H22N2O5S/c22-18(21-11-3-6-16(13-21)19(23)24)9-10-20-27(25,26)17-8-7-14-4-1-2-5-15(14)12-17/h1-2,4-5,7-8,12,16,20H,3,6,9-11,13H2,(H,23,24). The first-order chi connectivity index (χ1) is 12.9. The van der Waals surface area contributed by atoms with Crippen molar-refractivity contribution in [2.45, 2.75) is 24.2 Å². The lowest BCUT2D eigenvalue weighted by Gasteiger charge is -2.30. The highest BCUT2D eigenvalue weighted by atomic mass is 32.2. The lowest BCUT2D eigenvalue weighted by atomic mass is 9.98. The number of hydrogen-bond donors (Lipinski definition) is 2. The minimum Gasteiger partial charge on any atom is -0.481 e. The van der Waals surface area contributed by atoms with Crippen LogP contribution in [0.5, 0.6) is 0 Å². The highest BCUT2D eigenvalue weighted by Crippen LogP contribution is 2.19. The van der Waals surface area contributed by atoms with Crippen molar-refractivity contribution in [3.05, 3.63) is 42.5 Å². The predicted molar refractivity (Wildman–Crippen MR) is 101 cm³/mol. The van der Waals surface area contributed by atoms with Gasteiger partial charge in [-0.25, -0.2) is 13.1 Å². The first kappa shape index (κ1) is 19.3. The summed E-state index contributed by atoms with van der Waals surface area (Å²) in [6.45, 7) is 0.674. The Hall–Kier alpha value is -2.45. The zero-order valence-corrected chi connectivity index (χ0v) is 15.6. The maximum Gasteiger partial charge on any atom is 0.308 e. The fraction of sp³-hybridized carbons (Fsp3) is 0.368. The Kier molecular flexibility index (Phi) is 5.76. The van der Waals surface area contributed by atoms with Crippen LogP contribution in [0.25, 0.3) is 10.8 Å². The molecule has 0 aromatic heterocycles. The van der Waals surface area contributed by atoms with Crippen molar-refractivity contribution in [2.24, 2.45) is 5.92 Å². The fourth-order valence-electron chi connectivity index (χ4n) is 3.27. The van der Waals surface area contributed by atoms with Crippen molar-refractivity contribution >= 4 is 32.7 Å².